The van der Waals surface area contributed by atoms with Crippen LogP contribution in [0.5, 0.6) is 17.2 Å². The number of fused-ring (bicyclic) bond motifs is 1. The molecule has 154 valence electrons. The predicted octanol–water partition coefficient (Wildman–Crippen LogP) is 3.99. The Morgan fingerprint density at radius 1 is 1.21 bits per heavy atom. The van der Waals surface area contributed by atoms with Gasteiger partial charge in [-0.05, 0) is 32.4 Å². The van der Waals surface area contributed by atoms with Crippen LogP contribution in [0.1, 0.15) is 46.5 Å². The maximum atomic E-state index is 12.2. The smallest absolute Gasteiger partial charge is 0.383 e. The van der Waals surface area contributed by atoms with Crippen molar-refractivity contribution in [2.45, 2.75) is 58.3 Å². The average Bonchev–Trinajstić information content (AvgIpc) is 3.01. The molecule has 1 aromatic carbocycles. The van der Waals surface area contributed by atoms with Crippen molar-refractivity contribution in [3.8, 4) is 17.2 Å². The minimum absolute atomic E-state index is 0.142. The van der Waals surface area contributed by atoms with Gasteiger partial charge in [-0.2, -0.15) is 0 Å². The molecule has 1 saturated heterocycles. The van der Waals surface area contributed by atoms with Crippen molar-refractivity contribution in [2.24, 2.45) is 0 Å². The van der Waals surface area contributed by atoms with Gasteiger partial charge in [-0.1, -0.05) is 26.2 Å². The molecule has 7 nitrogen and oxygen atoms in total. The van der Waals surface area contributed by atoms with Gasteiger partial charge in [0.25, 0.3) is 0 Å². The Kier molecular flexibility index (Phi) is 6.46. The van der Waals surface area contributed by atoms with Crippen molar-refractivity contribution < 1.29 is 28.5 Å². The molecule has 0 radical (unpaired) electrons. The van der Waals surface area contributed by atoms with Crippen LogP contribution in [0.25, 0.3) is 11.0 Å². The SMILES string of the molecule is CCCCCCOc1c(O)c2ccc(OCC3COC(C)(C)O3)cc2oc1=O. The van der Waals surface area contributed by atoms with Crippen LogP contribution in [0, 0.1) is 0 Å². The van der Waals surface area contributed by atoms with Gasteiger partial charge in [0.1, 0.15) is 24.0 Å². The van der Waals surface area contributed by atoms with Gasteiger partial charge < -0.3 is 28.5 Å². The number of ether oxygens (including phenoxy) is 4. The first-order valence-corrected chi connectivity index (χ1v) is 9.77. The largest absolute Gasteiger partial charge is 0.504 e. The molecule has 28 heavy (non-hydrogen) atoms. The lowest BCUT2D eigenvalue weighted by Crippen LogP contribution is -2.25. The summed E-state index contributed by atoms with van der Waals surface area (Å²) in [5, 5.41) is 10.8. The third-order valence-electron chi connectivity index (χ3n) is 4.56. The average molecular weight is 392 g/mol. The predicted molar refractivity (Wildman–Crippen MR) is 104 cm³/mol. The Bertz CT molecular complexity index is 856. The van der Waals surface area contributed by atoms with E-state index in [1.165, 1.54) is 0 Å². The fraction of sp³-hybridized carbons (Fsp3) is 0.571. The van der Waals surface area contributed by atoms with Gasteiger partial charge in [-0.25, -0.2) is 4.79 Å². The molecule has 0 aliphatic carbocycles. The molecule has 1 N–H and O–H groups in total. The number of hydrogen-bond donors (Lipinski definition) is 1. The standard InChI is InChI=1S/C21H28O7/c1-4-5-6-7-10-24-19-18(22)16-9-8-14(11-17(16)27-20(19)23)25-12-15-13-26-21(2,3)28-15/h8-9,11,15,22H,4-7,10,12-13H2,1-3H3. The Labute approximate surface area is 164 Å². The van der Waals surface area contributed by atoms with Gasteiger partial charge in [0.2, 0.25) is 5.75 Å². The Morgan fingerprint density at radius 3 is 2.75 bits per heavy atom. The van der Waals surface area contributed by atoms with E-state index < -0.39 is 11.4 Å². The summed E-state index contributed by atoms with van der Waals surface area (Å²) in [6.07, 6.45) is 3.89. The van der Waals surface area contributed by atoms with Crippen molar-refractivity contribution in [3.63, 3.8) is 0 Å². The molecule has 0 saturated carbocycles. The van der Waals surface area contributed by atoms with Crippen molar-refractivity contribution >= 4 is 11.0 Å². The second-order valence-electron chi connectivity index (χ2n) is 7.40. The highest BCUT2D eigenvalue weighted by Gasteiger charge is 2.33. The lowest BCUT2D eigenvalue weighted by Gasteiger charge is -2.17. The maximum Gasteiger partial charge on any atom is 0.383 e. The highest BCUT2D eigenvalue weighted by atomic mass is 16.7. The second kappa shape index (κ2) is 8.84. The van der Waals surface area contributed by atoms with Gasteiger partial charge in [-0.15, -0.1) is 0 Å². The number of benzene rings is 1. The third kappa shape index (κ3) is 4.97. The normalized spacial score (nSPS) is 18.5. The Balaban J connectivity index is 1.67. The van der Waals surface area contributed by atoms with Crippen LogP contribution in [0.3, 0.4) is 0 Å². The van der Waals surface area contributed by atoms with Gasteiger partial charge in [0, 0.05) is 6.07 Å². The molecule has 1 aliphatic heterocycles. The first-order valence-electron chi connectivity index (χ1n) is 9.77. The summed E-state index contributed by atoms with van der Waals surface area (Å²) < 4.78 is 27.7. The molecule has 2 aromatic rings. The number of hydrogen-bond acceptors (Lipinski definition) is 7. The molecule has 3 rings (SSSR count). The fourth-order valence-corrected chi connectivity index (χ4v) is 3.10. The van der Waals surface area contributed by atoms with E-state index in [0.717, 1.165) is 25.7 Å². The molecule has 0 bridgehead atoms. The van der Waals surface area contributed by atoms with Gasteiger partial charge in [0.05, 0.1) is 18.6 Å². The number of aromatic hydroxyl groups is 1. The highest BCUT2D eigenvalue weighted by Crippen LogP contribution is 2.33. The zero-order chi connectivity index (χ0) is 20.1. The van der Waals surface area contributed by atoms with Crippen LogP contribution in [0.2, 0.25) is 0 Å². The van der Waals surface area contributed by atoms with Gasteiger partial charge in [0.15, 0.2) is 11.5 Å². The van der Waals surface area contributed by atoms with E-state index in [4.69, 9.17) is 23.4 Å². The number of rotatable bonds is 9. The van der Waals surface area contributed by atoms with E-state index in [-0.39, 0.29) is 23.2 Å². The summed E-state index contributed by atoms with van der Waals surface area (Å²) in [7, 11) is 0. The minimum Gasteiger partial charge on any atom is -0.504 e. The quantitative estimate of drug-likeness (QED) is 0.510. The van der Waals surface area contributed by atoms with E-state index in [2.05, 4.69) is 6.92 Å². The molecule has 0 amide bonds. The van der Waals surface area contributed by atoms with E-state index >= 15 is 0 Å². The van der Waals surface area contributed by atoms with Crippen molar-refractivity contribution in [1.29, 1.82) is 0 Å². The van der Waals surface area contributed by atoms with Crippen LogP contribution >= 0.6 is 0 Å². The molecule has 1 aliphatic rings. The zero-order valence-electron chi connectivity index (χ0n) is 16.7. The van der Waals surface area contributed by atoms with Crippen LogP contribution in [-0.4, -0.2) is 36.8 Å². The first kappa shape index (κ1) is 20.5. The summed E-state index contributed by atoms with van der Waals surface area (Å²) in [5.74, 6) is -0.446. The van der Waals surface area contributed by atoms with Gasteiger partial charge >= 0.3 is 5.63 Å². The fourth-order valence-electron chi connectivity index (χ4n) is 3.10. The van der Waals surface area contributed by atoms with E-state index in [1.807, 2.05) is 13.8 Å². The van der Waals surface area contributed by atoms with Crippen molar-refractivity contribution in [2.75, 3.05) is 19.8 Å². The molecular weight excluding hydrogens is 364 g/mol. The molecule has 1 unspecified atom stereocenters. The second-order valence-corrected chi connectivity index (χ2v) is 7.40. The summed E-state index contributed by atoms with van der Waals surface area (Å²) in [6, 6.07) is 4.92. The Morgan fingerprint density at radius 2 is 2.04 bits per heavy atom. The first-order chi connectivity index (χ1) is 13.4. The summed E-state index contributed by atoms with van der Waals surface area (Å²) in [4.78, 5) is 12.2. The van der Waals surface area contributed by atoms with E-state index in [0.29, 0.717) is 31.0 Å². The summed E-state index contributed by atoms with van der Waals surface area (Å²) in [6.45, 7) is 6.95. The molecule has 0 spiro atoms. The zero-order valence-corrected chi connectivity index (χ0v) is 16.7. The molecule has 2 heterocycles. The molecule has 7 heteroatoms. The lowest BCUT2D eigenvalue weighted by atomic mass is 10.2. The van der Waals surface area contributed by atoms with Crippen LogP contribution in [-0.2, 0) is 9.47 Å². The van der Waals surface area contributed by atoms with Gasteiger partial charge in [-0.3, -0.25) is 0 Å². The van der Waals surface area contributed by atoms with Crippen LogP contribution < -0.4 is 15.1 Å². The molecule has 1 aromatic heterocycles. The molecule has 1 fully saturated rings. The number of unbranched alkanes of at least 4 members (excludes halogenated alkanes) is 3. The van der Waals surface area contributed by atoms with Crippen LogP contribution in [0.15, 0.2) is 27.4 Å². The third-order valence-corrected chi connectivity index (χ3v) is 4.56. The summed E-state index contributed by atoms with van der Waals surface area (Å²) >= 11 is 0. The topological polar surface area (TPSA) is 87.4 Å². The monoisotopic (exact) mass is 392 g/mol. The molecule has 1 atom stereocenters. The van der Waals surface area contributed by atoms with Crippen molar-refractivity contribution in [1.82, 2.24) is 0 Å². The van der Waals surface area contributed by atoms with E-state index in [1.54, 1.807) is 18.2 Å². The Hall–Kier alpha value is -2.25. The lowest BCUT2D eigenvalue weighted by molar-refractivity contribution is -0.141. The minimum atomic E-state index is -0.702. The molecular formula is C21H28O7. The van der Waals surface area contributed by atoms with E-state index in [9.17, 15) is 9.90 Å². The van der Waals surface area contributed by atoms with Crippen LogP contribution in [0.4, 0.5) is 0 Å². The maximum absolute atomic E-state index is 12.2. The summed E-state index contributed by atoms with van der Waals surface area (Å²) in [5.41, 5.74) is -0.464. The highest BCUT2D eigenvalue weighted by molar-refractivity contribution is 5.86. The van der Waals surface area contributed by atoms with Crippen molar-refractivity contribution in [3.05, 3.63) is 28.6 Å².